The summed E-state index contributed by atoms with van der Waals surface area (Å²) in [6.07, 6.45) is 46.6. The minimum absolute atomic E-state index is 0.0407. The van der Waals surface area contributed by atoms with Crippen molar-refractivity contribution in [3.05, 3.63) is 85.1 Å². The molecule has 3 atom stereocenters. The number of nitrogens with one attached hydrogen (secondary N) is 1. The molecule has 3 N–H and O–H groups in total. The second-order valence-electron chi connectivity index (χ2n) is 14.3. The van der Waals surface area contributed by atoms with E-state index < -0.39 is 20.0 Å². The summed E-state index contributed by atoms with van der Waals surface area (Å²) >= 11 is 0. The van der Waals surface area contributed by atoms with E-state index >= 15 is 0 Å². The number of unbranched alkanes of at least 4 members (excludes halogenated alkanes) is 9. The Labute approximate surface area is 318 Å². The van der Waals surface area contributed by atoms with Crippen LogP contribution in [0.25, 0.3) is 0 Å². The summed E-state index contributed by atoms with van der Waals surface area (Å²) in [5.74, 6) is -0.250. The number of allylic oxidation sites excluding steroid dienone is 13. The van der Waals surface area contributed by atoms with E-state index in [1.165, 1.54) is 44.9 Å². The lowest BCUT2D eigenvalue weighted by atomic mass is 10.1. The topological polar surface area (TPSA) is 105 Å². The summed E-state index contributed by atoms with van der Waals surface area (Å²) in [6, 6.07) is -0.896. The Hall–Kier alpha value is -2.32. The van der Waals surface area contributed by atoms with Crippen LogP contribution in [0.4, 0.5) is 0 Å². The number of aliphatic hydroxyl groups is 1. The number of aliphatic hydroxyl groups excluding tert-OH is 1. The fraction of sp³-hybridized carbons (Fsp3) is 0.651. The summed E-state index contributed by atoms with van der Waals surface area (Å²) in [7, 11) is 1.50. The number of carbonyl (C=O) groups is 1. The van der Waals surface area contributed by atoms with Gasteiger partial charge in [-0.1, -0.05) is 137 Å². The van der Waals surface area contributed by atoms with Gasteiger partial charge in [0, 0.05) is 6.42 Å². The van der Waals surface area contributed by atoms with Crippen LogP contribution in [-0.4, -0.2) is 73.4 Å². The van der Waals surface area contributed by atoms with Crippen molar-refractivity contribution < 1.29 is 32.9 Å². The molecule has 0 rings (SSSR count). The Balaban J connectivity index is 4.68. The van der Waals surface area contributed by atoms with Gasteiger partial charge in [0.1, 0.15) is 13.2 Å². The van der Waals surface area contributed by atoms with Crippen molar-refractivity contribution in [1.29, 1.82) is 0 Å². The maximum Gasteiger partial charge on any atom is 0.472 e. The molecule has 0 aliphatic rings. The van der Waals surface area contributed by atoms with Crippen LogP contribution < -0.4 is 5.32 Å². The third-order valence-corrected chi connectivity index (χ3v) is 9.08. The highest BCUT2D eigenvalue weighted by Crippen LogP contribution is 2.43. The fourth-order valence-electron chi connectivity index (χ4n) is 4.91. The van der Waals surface area contributed by atoms with Gasteiger partial charge in [0.15, 0.2) is 0 Å². The molecule has 0 aromatic heterocycles. The van der Waals surface area contributed by atoms with E-state index in [-0.39, 0.29) is 25.5 Å². The third-order valence-electron chi connectivity index (χ3n) is 8.10. The van der Waals surface area contributed by atoms with Crippen LogP contribution in [0.5, 0.6) is 0 Å². The average molecular weight is 748 g/mol. The summed E-state index contributed by atoms with van der Waals surface area (Å²) < 4.78 is 23.4. The average Bonchev–Trinajstić information content (AvgIpc) is 3.09. The molecule has 8 nitrogen and oxygen atoms in total. The van der Waals surface area contributed by atoms with Crippen LogP contribution in [0.15, 0.2) is 85.1 Å². The van der Waals surface area contributed by atoms with Gasteiger partial charge < -0.3 is 19.8 Å². The Morgan fingerprint density at radius 1 is 0.673 bits per heavy atom. The molecule has 0 saturated carbocycles. The highest BCUT2D eigenvalue weighted by molar-refractivity contribution is 7.47. The second-order valence-corrected chi connectivity index (χ2v) is 15.7. The molecule has 0 saturated heterocycles. The molecule has 0 heterocycles. The molecule has 1 amide bonds. The summed E-state index contributed by atoms with van der Waals surface area (Å²) in [4.78, 5) is 23.0. The first-order chi connectivity index (χ1) is 25.0. The van der Waals surface area contributed by atoms with E-state index in [2.05, 4.69) is 92.1 Å². The standard InChI is InChI=1S/C43H75N2O6P/c1-6-8-10-12-14-16-18-20-21-22-23-25-27-29-31-33-35-37-43(47)44-41(40-51-52(48,49)50-39-38-45(3,4)5)42(46)36-34-32-30-28-26-24-19-17-15-13-11-9-7-2/h8,10,14,16,20-21,23,25-26,28-29,31,34,36,41-42,46H,6-7,9,11-13,15,17-19,22,24,27,30,32-33,35,37-40H2,1-5H3,(H-,44,47,48,49)/p+1/b10-8-,16-14-,21-20-,25-23-,28-26+,31-29-,36-34+. The van der Waals surface area contributed by atoms with E-state index in [1.54, 1.807) is 6.08 Å². The predicted octanol–water partition coefficient (Wildman–Crippen LogP) is 10.6. The fourth-order valence-corrected chi connectivity index (χ4v) is 5.65. The predicted molar refractivity (Wildman–Crippen MR) is 221 cm³/mol. The molecule has 3 unspecified atom stereocenters. The summed E-state index contributed by atoms with van der Waals surface area (Å²) in [6.45, 7) is 4.58. The van der Waals surface area contributed by atoms with Gasteiger partial charge in [-0.05, 0) is 70.6 Å². The number of nitrogens with zero attached hydrogens (tertiary/aromatic N) is 1. The second kappa shape index (κ2) is 34.4. The Morgan fingerprint density at radius 3 is 1.77 bits per heavy atom. The van der Waals surface area contributed by atoms with E-state index in [4.69, 9.17) is 9.05 Å². The van der Waals surface area contributed by atoms with Gasteiger partial charge in [-0.3, -0.25) is 13.8 Å². The number of phosphoric ester groups is 1. The van der Waals surface area contributed by atoms with E-state index in [1.807, 2.05) is 27.2 Å². The normalized spacial score (nSPS) is 15.4. The maximum atomic E-state index is 12.8. The number of rotatable bonds is 34. The van der Waals surface area contributed by atoms with Crippen LogP contribution in [0.3, 0.4) is 0 Å². The van der Waals surface area contributed by atoms with Crippen molar-refractivity contribution in [3.8, 4) is 0 Å². The summed E-state index contributed by atoms with van der Waals surface area (Å²) in [5, 5.41) is 13.7. The molecule has 298 valence electrons. The molecule has 0 radical (unpaired) electrons. The molecular weight excluding hydrogens is 671 g/mol. The number of carbonyl (C=O) groups excluding carboxylic acids is 1. The molecule has 0 aliphatic carbocycles. The SMILES string of the molecule is CC/C=C\C/C=C\C/C=C\C/C=C\C/C=C\CCCC(=O)NC(COP(=O)(O)OCC[N+](C)(C)C)C(O)/C=C/CC/C=C/CCCCCCCCC. The van der Waals surface area contributed by atoms with Crippen LogP contribution >= 0.6 is 7.82 Å². The van der Waals surface area contributed by atoms with Crippen molar-refractivity contribution in [1.82, 2.24) is 5.32 Å². The first kappa shape index (κ1) is 49.7. The minimum atomic E-state index is -4.36. The van der Waals surface area contributed by atoms with Crippen LogP contribution in [0, 0.1) is 0 Å². The van der Waals surface area contributed by atoms with Crippen molar-refractivity contribution in [3.63, 3.8) is 0 Å². The van der Waals surface area contributed by atoms with Gasteiger partial charge in [0.2, 0.25) is 5.91 Å². The number of hydrogen-bond acceptors (Lipinski definition) is 5. The van der Waals surface area contributed by atoms with Crippen molar-refractivity contribution in [2.45, 2.75) is 142 Å². The molecule has 0 bridgehead atoms. The lowest BCUT2D eigenvalue weighted by molar-refractivity contribution is -0.870. The van der Waals surface area contributed by atoms with Gasteiger partial charge in [-0.25, -0.2) is 4.57 Å². The van der Waals surface area contributed by atoms with Crippen molar-refractivity contribution >= 4 is 13.7 Å². The largest absolute Gasteiger partial charge is 0.472 e. The lowest BCUT2D eigenvalue weighted by Crippen LogP contribution is -2.45. The Kier molecular flexibility index (Phi) is 32.9. The van der Waals surface area contributed by atoms with Crippen LogP contribution in [0.1, 0.15) is 129 Å². The van der Waals surface area contributed by atoms with E-state index in [0.717, 1.165) is 57.8 Å². The molecule has 0 aromatic rings. The number of quaternary nitrogens is 1. The van der Waals surface area contributed by atoms with Gasteiger partial charge in [-0.15, -0.1) is 0 Å². The minimum Gasteiger partial charge on any atom is -0.387 e. The van der Waals surface area contributed by atoms with Gasteiger partial charge >= 0.3 is 7.82 Å². The smallest absolute Gasteiger partial charge is 0.387 e. The highest BCUT2D eigenvalue weighted by atomic mass is 31.2. The maximum absolute atomic E-state index is 12.8. The molecule has 52 heavy (non-hydrogen) atoms. The zero-order valence-electron chi connectivity index (χ0n) is 33.5. The molecule has 9 heteroatoms. The zero-order valence-corrected chi connectivity index (χ0v) is 34.4. The zero-order chi connectivity index (χ0) is 38.6. The van der Waals surface area contributed by atoms with Crippen LogP contribution in [0.2, 0.25) is 0 Å². The lowest BCUT2D eigenvalue weighted by Gasteiger charge is -2.25. The number of amides is 1. The quantitative estimate of drug-likeness (QED) is 0.0262. The van der Waals surface area contributed by atoms with E-state index in [0.29, 0.717) is 17.4 Å². The number of likely N-dealkylation sites (N-methyl/N-ethyl adjacent to an activating group) is 1. The van der Waals surface area contributed by atoms with Gasteiger partial charge in [0.05, 0.1) is 39.9 Å². The van der Waals surface area contributed by atoms with Gasteiger partial charge in [0.25, 0.3) is 0 Å². The Bertz CT molecular complexity index is 1120. The molecule has 0 aliphatic heterocycles. The monoisotopic (exact) mass is 748 g/mol. The van der Waals surface area contributed by atoms with Crippen LogP contribution in [-0.2, 0) is 18.4 Å². The molecule has 0 aromatic carbocycles. The third kappa shape index (κ3) is 36.1. The van der Waals surface area contributed by atoms with Crippen molar-refractivity contribution in [2.24, 2.45) is 0 Å². The van der Waals surface area contributed by atoms with Gasteiger partial charge in [-0.2, -0.15) is 0 Å². The Morgan fingerprint density at radius 2 is 1.17 bits per heavy atom. The molecule has 0 spiro atoms. The molecule has 0 fully saturated rings. The summed E-state index contributed by atoms with van der Waals surface area (Å²) in [5.41, 5.74) is 0. The number of hydrogen-bond donors (Lipinski definition) is 3. The highest BCUT2D eigenvalue weighted by Gasteiger charge is 2.27. The number of phosphoric acid groups is 1. The molecular formula is C43H76N2O6P+. The first-order valence-corrected chi connectivity index (χ1v) is 21.5. The first-order valence-electron chi connectivity index (χ1n) is 20.0. The van der Waals surface area contributed by atoms with E-state index in [9.17, 15) is 19.4 Å². The van der Waals surface area contributed by atoms with Crippen molar-refractivity contribution in [2.75, 3.05) is 40.9 Å².